The van der Waals surface area contributed by atoms with Gasteiger partial charge in [-0.1, -0.05) is 0 Å². The summed E-state index contributed by atoms with van der Waals surface area (Å²) in [5.74, 6) is -4.65. The molecule has 24 heavy (non-hydrogen) atoms. The summed E-state index contributed by atoms with van der Waals surface area (Å²) in [4.78, 5) is 16.7. The maximum absolute atomic E-state index is 14.1. The molecule has 1 aromatic heterocycles. The van der Waals surface area contributed by atoms with E-state index in [1.807, 2.05) is 0 Å². The summed E-state index contributed by atoms with van der Waals surface area (Å²) in [6, 6.07) is 2.38. The number of aromatic nitrogens is 1. The van der Waals surface area contributed by atoms with Gasteiger partial charge >= 0.3 is 0 Å². The van der Waals surface area contributed by atoms with Crippen molar-refractivity contribution in [3.05, 3.63) is 35.0 Å². The zero-order chi connectivity index (χ0) is 17.2. The van der Waals surface area contributed by atoms with Crippen LogP contribution in [0.2, 0.25) is 0 Å². The first-order valence-corrected chi connectivity index (χ1v) is 7.89. The van der Waals surface area contributed by atoms with Gasteiger partial charge in [0, 0.05) is 31.3 Å². The molecule has 2 unspecified atom stereocenters. The van der Waals surface area contributed by atoms with Crippen molar-refractivity contribution in [2.45, 2.75) is 25.7 Å². The van der Waals surface area contributed by atoms with Crippen LogP contribution < -0.4 is 0 Å². The summed E-state index contributed by atoms with van der Waals surface area (Å²) in [6.45, 7) is 1.97. The molecule has 1 amide bonds. The van der Waals surface area contributed by atoms with Crippen LogP contribution in [0.25, 0.3) is 10.9 Å². The third-order valence-electron chi connectivity index (χ3n) is 5.20. The van der Waals surface area contributed by atoms with Crippen LogP contribution in [0.3, 0.4) is 0 Å². The number of hydrogen-bond donors (Lipinski definition) is 1. The molecular formula is C17H16F4N2O. The molecule has 1 aliphatic carbocycles. The van der Waals surface area contributed by atoms with Crippen molar-refractivity contribution in [3.63, 3.8) is 0 Å². The molecule has 0 radical (unpaired) electrons. The molecule has 128 valence electrons. The Balaban J connectivity index is 1.61. The fraction of sp³-hybridized carbons (Fsp3) is 0.471. The zero-order valence-electron chi connectivity index (χ0n) is 13.0. The van der Waals surface area contributed by atoms with Crippen molar-refractivity contribution in [1.82, 2.24) is 9.88 Å². The van der Waals surface area contributed by atoms with Gasteiger partial charge in [0.25, 0.3) is 5.91 Å². The molecule has 2 fully saturated rings. The van der Waals surface area contributed by atoms with Crippen molar-refractivity contribution in [3.8, 4) is 0 Å². The van der Waals surface area contributed by atoms with E-state index in [1.54, 1.807) is 0 Å². The van der Waals surface area contributed by atoms with Crippen LogP contribution in [0, 0.1) is 30.4 Å². The lowest BCUT2D eigenvalue weighted by atomic mass is 10.0. The number of carbonyl (C=O) groups is 1. The molecule has 0 spiro atoms. The van der Waals surface area contributed by atoms with Crippen molar-refractivity contribution in [2.75, 3.05) is 13.1 Å². The normalized spacial score (nSPS) is 25.5. The predicted octanol–water partition coefficient (Wildman–Crippen LogP) is 3.87. The molecule has 1 saturated heterocycles. The number of halogens is 4. The highest BCUT2D eigenvalue weighted by Crippen LogP contribution is 2.47. The number of benzene rings is 1. The van der Waals surface area contributed by atoms with E-state index in [2.05, 4.69) is 4.98 Å². The first-order chi connectivity index (χ1) is 11.2. The van der Waals surface area contributed by atoms with E-state index >= 15 is 0 Å². The van der Waals surface area contributed by atoms with Crippen molar-refractivity contribution < 1.29 is 22.4 Å². The van der Waals surface area contributed by atoms with Crippen LogP contribution in [0.4, 0.5) is 17.6 Å². The maximum Gasteiger partial charge on any atom is 0.270 e. The molecule has 1 aromatic carbocycles. The van der Waals surface area contributed by atoms with Gasteiger partial charge in [0.05, 0.1) is 5.52 Å². The smallest absolute Gasteiger partial charge is 0.270 e. The first kappa shape index (κ1) is 15.5. The van der Waals surface area contributed by atoms with Crippen LogP contribution in [0.5, 0.6) is 0 Å². The summed E-state index contributed by atoms with van der Waals surface area (Å²) in [5.41, 5.74) is 0.195. The van der Waals surface area contributed by atoms with Crippen LogP contribution in [0.1, 0.15) is 28.9 Å². The highest BCUT2D eigenvalue weighted by molar-refractivity contribution is 5.98. The van der Waals surface area contributed by atoms with Crippen molar-refractivity contribution in [2.24, 2.45) is 11.8 Å². The number of hydrogen-bond acceptors (Lipinski definition) is 1. The van der Waals surface area contributed by atoms with E-state index in [0.29, 0.717) is 0 Å². The topological polar surface area (TPSA) is 36.1 Å². The first-order valence-electron chi connectivity index (χ1n) is 7.89. The minimum atomic E-state index is -2.64. The molecule has 1 saturated carbocycles. The molecular weight excluding hydrogens is 324 g/mol. The Morgan fingerprint density at radius 2 is 1.83 bits per heavy atom. The van der Waals surface area contributed by atoms with Crippen LogP contribution in [-0.4, -0.2) is 34.8 Å². The summed E-state index contributed by atoms with van der Waals surface area (Å²) < 4.78 is 54.8. The van der Waals surface area contributed by atoms with Gasteiger partial charge in [-0.2, -0.15) is 0 Å². The van der Waals surface area contributed by atoms with E-state index in [0.717, 1.165) is 6.07 Å². The molecule has 2 atom stereocenters. The minimum Gasteiger partial charge on any atom is -0.348 e. The number of nitrogens with one attached hydrogen (secondary N) is 1. The number of rotatable bonds is 1. The Morgan fingerprint density at radius 3 is 2.46 bits per heavy atom. The molecule has 1 aliphatic heterocycles. The van der Waals surface area contributed by atoms with E-state index < -0.39 is 23.5 Å². The lowest BCUT2D eigenvalue weighted by Gasteiger charge is -2.18. The van der Waals surface area contributed by atoms with Crippen LogP contribution >= 0.6 is 0 Å². The second-order valence-electron chi connectivity index (χ2n) is 6.96. The standard InChI is InChI=1S/C17H16F4N2O/c1-8-2-12(18)11-3-13(22-15(11)14(8)19)16(24)23-6-9-4-17(20,21)5-10(9)7-23/h2-3,9-10,22H,4-7H2,1H3. The summed E-state index contributed by atoms with van der Waals surface area (Å²) in [5, 5.41) is 0.0207. The van der Waals surface area contributed by atoms with Gasteiger partial charge in [-0.3, -0.25) is 4.79 Å². The third-order valence-corrected chi connectivity index (χ3v) is 5.20. The van der Waals surface area contributed by atoms with Gasteiger partial charge in [-0.05, 0) is 36.5 Å². The Hall–Kier alpha value is -2.05. The number of H-pyrrole nitrogens is 1. The fourth-order valence-electron chi connectivity index (χ4n) is 4.05. The number of alkyl halides is 2. The predicted molar refractivity (Wildman–Crippen MR) is 80.0 cm³/mol. The number of carbonyl (C=O) groups excluding carboxylic acids is 1. The number of aryl methyl sites for hydroxylation is 1. The van der Waals surface area contributed by atoms with Gasteiger partial charge in [-0.15, -0.1) is 0 Å². The monoisotopic (exact) mass is 340 g/mol. The largest absolute Gasteiger partial charge is 0.348 e. The molecule has 1 N–H and O–H groups in total. The van der Waals surface area contributed by atoms with Crippen molar-refractivity contribution >= 4 is 16.8 Å². The molecule has 3 nitrogen and oxygen atoms in total. The minimum absolute atomic E-state index is 0.0207. The lowest BCUT2D eigenvalue weighted by molar-refractivity contribution is -0.00245. The van der Waals surface area contributed by atoms with Gasteiger partial charge < -0.3 is 9.88 Å². The zero-order valence-corrected chi connectivity index (χ0v) is 13.0. The van der Waals surface area contributed by atoms with E-state index in [1.165, 1.54) is 17.9 Å². The van der Waals surface area contributed by atoms with Crippen LogP contribution in [0.15, 0.2) is 12.1 Å². The third kappa shape index (κ3) is 2.29. The van der Waals surface area contributed by atoms with Gasteiger partial charge in [0.15, 0.2) is 0 Å². The van der Waals surface area contributed by atoms with Gasteiger partial charge in [0.2, 0.25) is 5.92 Å². The summed E-state index contributed by atoms with van der Waals surface area (Å²) in [6.07, 6.45) is -0.396. The van der Waals surface area contributed by atoms with E-state index in [-0.39, 0.29) is 59.9 Å². The molecule has 4 rings (SSSR count). The van der Waals surface area contributed by atoms with E-state index in [9.17, 15) is 22.4 Å². The molecule has 2 aliphatic rings. The Morgan fingerprint density at radius 1 is 1.21 bits per heavy atom. The maximum atomic E-state index is 14.1. The molecule has 0 bridgehead atoms. The average molecular weight is 340 g/mol. The summed E-state index contributed by atoms with van der Waals surface area (Å²) >= 11 is 0. The van der Waals surface area contributed by atoms with E-state index in [4.69, 9.17) is 0 Å². The second kappa shape index (κ2) is 4.97. The number of fused-ring (bicyclic) bond motifs is 2. The summed E-state index contributed by atoms with van der Waals surface area (Å²) in [7, 11) is 0. The Kier molecular flexibility index (Phi) is 3.21. The molecule has 2 aromatic rings. The molecule has 7 heteroatoms. The Labute approximate surface area is 135 Å². The number of nitrogens with zero attached hydrogens (tertiary/aromatic N) is 1. The molecule has 2 heterocycles. The second-order valence-corrected chi connectivity index (χ2v) is 6.96. The average Bonchev–Trinajstić information content (AvgIpc) is 3.14. The highest BCUT2D eigenvalue weighted by atomic mass is 19.3. The highest BCUT2D eigenvalue weighted by Gasteiger charge is 2.51. The van der Waals surface area contributed by atoms with Gasteiger partial charge in [-0.25, -0.2) is 17.6 Å². The van der Waals surface area contributed by atoms with Crippen LogP contribution in [-0.2, 0) is 0 Å². The Bertz CT molecular complexity index is 829. The van der Waals surface area contributed by atoms with Gasteiger partial charge in [0.1, 0.15) is 17.3 Å². The number of aromatic amines is 1. The van der Waals surface area contributed by atoms with Crippen molar-refractivity contribution in [1.29, 1.82) is 0 Å². The SMILES string of the molecule is Cc1cc(F)c2cc(C(=O)N3CC4CC(F)(F)CC4C3)[nH]c2c1F. The number of likely N-dealkylation sites (tertiary alicyclic amines) is 1. The lowest BCUT2D eigenvalue weighted by Crippen LogP contribution is -2.31. The number of amides is 1. The quantitative estimate of drug-likeness (QED) is 0.786. The fourth-order valence-corrected chi connectivity index (χ4v) is 4.05.